The Balaban J connectivity index is 1.48. The summed E-state index contributed by atoms with van der Waals surface area (Å²) in [5, 5.41) is 0. The van der Waals surface area contributed by atoms with E-state index < -0.39 is 0 Å². The molecule has 0 N–H and O–H groups in total. The fourth-order valence-corrected chi connectivity index (χ4v) is 4.98. The maximum absolute atomic E-state index is 13.7. The molecule has 1 aliphatic carbocycles. The van der Waals surface area contributed by atoms with Gasteiger partial charge < -0.3 is 4.57 Å². The molecule has 0 bridgehead atoms. The number of pyridine rings is 1. The van der Waals surface area contributed by atoms with E-state index in [4.69, 9.17) is 0 Å². The zero-order chi connectivity index (χ0) is 20.1. The van der Waals surface area contributed by atoms with Gasteiger partial charge in [-0.15, -0.1) is 0 Å². The fourth-order valence-electron chi connectivity index (χ4n) is 4.98. The molecule has 0 saturated carbocycles. The number of rotatable bonds is 2. The molecule has 0 fully saturated rings. The summed E-state index contributed by atoms with van der Waals surface area (Å²) in [5.74, 6) is -0.240. The van der Waals surface area contributed by atoms with Gasteiger partial charge >= 0.3 is 0 Å². The number of aromatic nitrogens is 1. The first-order valence-corrected chi connectivity index (χ1v) is 10.3. The largest absolute Gasteiger partial charge is 0.315 e. The summed E-state index contributed by atoms with van der Waals surface area (Å²) in [4.78, 5) is 15.5. The van der Waals surface area contributed by atoms with Gasteiger partial charge in [-0.3, -0.25) is 9.69 Å². The van der Waals surface area contributed by atoms with E-state index in [9.17, 15) is 9.18 Å². The lowest BCUT2D eigenvalue weighted by molar-refractivity contribution is 0.180. The van der Waals surface area contributed by atoms with Crippen LogP contribution >= 0.6 is 0 Å². The number of hydrogen-bond donors (Lipinski definition) is 0. The molecule has 0 saturated heterocycles. The minimum absolute atomic E-state index is 0.00326. The molecule has 5 rings (SSSR count). The van der Waals surface area contributed by atoms with Crippen LogP contribution < -0.4 is 5.56 Å². The Hall–Kier alpha value is -2.72. The Morgan fingerprint density at radius 3 is 2.41 bits per heavy atom. The second kappa shape index (κ2) is 6.96. The van der Waals surface area contributed by atoms with Gasteiger partial charge in [-0.25, -0.2) is 4.39 Å². The van der Waals surface area contributed by atoms with Gasteiger partial charge in [0.1, 0.15) is 5.82 Å². The molecule has 0 radical (unpaired) electrons. The molecule has 3 aromatic rings. The van der Waals surface area contributed by atoms with E-state index in [1.54, 1.807) is 23.6 Å². The minimum Gasteiger partial charge on any atom is -0.315 e. The molecule has 1 aromatic heterocycles. The highest BCUT2D eigenvalue weighted by Crippen LogP contribution is 2.30. The number of aryl methyl sites for hydroxylation is 1. The van der Waals surface area contributed by atoms with E-state index in [1.165, 1.54) is 22.8 Å². The number of benzene rings is 2. The maximum atomic E-state index is 13.7. The SMILES string of the molecule is Cc1cc(-c2cc3c(n(C)c2=O)CCN(C2Cc4ccccc4C2)C3)ccc1F. The van der Waals surface area contributed by atoms with Gasteiger partial charge in [0.15, 0.2) is 0 Å². The van der Waals surface area contributed by atoms with Crippen molar-refractivity contribution in [2.24, 2.45) is 7.05 Å². The number of nitrogens with zero attached hydrogens (tertiary/aromatic N) is 2. The molecule has 1 aliphatic heterocycles. The summed E-state index contributed by atoms with van der Waals surface area (Å²) in [6.45, 7) is 3.57. The van der Waals surface area contributed by atoms with Crippen molar-refractivity contribution in [2.45, 2.75) is 38.8 Å². The summed E-state index contributed by atoms with van der Waals surface area (Å²) in [6.07, 6.45) is 3.08. The fraction of sp³-hybridized carbons (Fsp3) is 0.320. The summed E-state index contributed by atoms with van der Waals surface area (Å²) < 4.78 is 15.5. The van der Waals surface area contributed by atoms with Crippen molar-refractivity contribution < 1.29 is 4.39 Å². The standard InChI is InChI=1S/C25H25FN2O/c1-16-11-19(7-8-23(16)26)22-14-20-15-28(10-9-24(20)27(2)25(22)29)21-12-17-5-3-4-6-18(17)13-21/h3-8,11,14,21H,9-10,12-13,15H2,1-2H3. The Bertz CT molecular complexity index is 1140. The van der Waals surface area contributed by atoms with Crippen molar-refractivity contribution in [1.29, 1.82) is 0 Å². The van der Waals surface area contributed by atoms with Crippen molar-refractivity contribution in [1.82, 2.24) is 9.47 Å². The van der Waals surface area contributed by atoms with Crippen LogP contribution in [0.25, 0.3) is 11.1 Å². The molecule has 0 spiro atoms. The molecule has 0 amide bonds. The van der Waals surface area contributed by atoms with Gasteiger partial charge in [-0.1, -0.05) is 30.3 Å². The zero-order valence-electron chi connectivity index (χ0n) is 16.9. The van der Waals surface area contributed by atoms with E-state index >= 15 is 0 Å². The number of halogens is 1. The third-order valence-corrected chi connectivity index (χ3v) is 6.65. The van der Waals surface area contributed by atoms with Crippen LogP contribution in [0, 0.1) is 12.7 Å². The maximum Gasteiger partial charge on any atom is 0.258 e. The lowest BCUT2D eigenvalue weighted by Gasteiger charge is -2.34. The van der Waals surface area contributed by atoms with E-state index in [0.717, 1.165) is 43.6 Å². The van der Waals surface area contributed by atoms with Crippen LogP contribution in [0.1, 0.15) is 27.9 Å². The predicted molar refractivity (Wildman–Crippen MR) is 114 cm³/mol. The molecule has 0 unspecified atom stereocenters. The van der Waals surface area contributed by atoms with Gasteiger partial charge in [0.25, 0.3) is 5.56 Å². The lowest BCUT2D eigenvalue weighted by atomic mass is 9.97. The van der Waals surface area contributed by atoms with E-state index in [-0.39, 0.29) is 11.4 Å². The highest BCUT2D eigenvalue weighted by Gasteiger charge is 2.30. The second-order valence-corrected chi connectivity index (χ2v) is 8.41. The smallest absolute Gasteiger partial charge is 0.258 e. The first kappa shape index (κ1) is 18.3. The molecule has 0 atom stereocenters. The summed E-state index contributed by atoms with van der Waals surface area (Å²) in [5.41, 5.74) is 7.28. The molecule has 148 valence electrons. The molecular formula is C25H25FN2O. The molecule has 2 heterocycles. The second-order valence-electron chi connectivity index (χ2n) is 8.41. The number of fused-ring (bicyclic) bond motifs is 2. The zero-order valence-corrected chi connectivity index (χ0v) is 16.9. The predicted octanol–water partition coefficient (Wildman–Crippen LogP) is 4.03. The van der Waals surface area contributed by atoms with E-state index in [0.29, 0.717) is 17.2 Å². The van der Waals surface area contributed by atoms with Gasteiger partial charge in [-0.2, -0.15) is 0 Å². The highest BCUT2D eigenvalue weighted by atomic mass is 19.1. The lowest BCUT2D eigenvalue weighted by Crippen LogP contribution is -2.41. The first-order valence-electron chi connectivity index (χ1n) is 10.3. The first-order chi connectivity index (χ1) is 14.0. The molecule has 3 nitrogen and oxygen atoms in total. The third-order valence-electron chi connectivity index (χ3n) is 6.65. The van der Waals surface area contributed by atoms with Crippen LogP contribution in [-0.4, -0.2) is 22.1 Å². The summed E-state index contributed by atoms with van der Waals surface area (Å²) in [6, 6.07) is 16.2. The average molecular weight is 388 g/mol. The van der Waals surface area contributed by atoms with Gasteiger partial charge in [0, 0.05) is 43.9 Å². The van der Waals surface area contributed by atoms with E-state index in [2.05, 4.69) is 29.2 Å². The molecule has 2 aromatic carbocycles. The Kier molecular flexibility index (Phi) is 4.39. The quantitative estimate of drug-likeness (QED) is 0.662. The Morgan fingerprint density at radius 1 is 1.00 bits per heavy atom. The summed E-state index contributed by atoms with van der Waals surface area (Å²) >= 11 is 0. The summed E-state index contributed by atoms with van der Waals surface area (Å²) in [7, 11) is 1.86. The molecule has 29 heavy (non-hydrogen) atoms. The van der Waals surface area contributed by atoms with Crippen molar-refractivity contribution in [3.05, 3.63) is 92.6 Å². The van der Waals surface area contributed by atoms with Crippen molar-refractivity contribution >= 4 is 0 Å². The van der Waals surface area contributed by atoms with Crippen molar-refractivity contribution in [3.8, 4) is 11.1 Å². The molecule has 4 heteroatoms. The van der Waals surface area contributed by atoms with Crippen molar-refractivity contribution in [3.63, 3.8) is 0 Å². The van der Waals surface area contributed by atoms with Crippen LogP contribution in [0.4, 0.5) is 4.39 Å². The van der Waals surface area contributed by atoms with Crippen molar-refractivity contribution in [2.75, 3.05) is 6.54 Å². The number of hydrogen-bond acceptors (Lipinski definition) is 2. The Morgan fingerprint density at radius 2 is 1.72 bits per heavy atom. The minimum atomic E-state index is -0.240. The van der Waals surface area contributed by atoms with Crippen LogP contribution in [0.15, 0.2) is 53.3 Å². The van der Waals surface area contributed by atoms with Crippen LogP contribution in [0.2, 0.25) is 0 Å². The average Bonchev–Trinajstić information content (AvgIpc) is 3.17. The van der Waals surface area contributed by atoms with E-state index in [1.807, 2.05) is 13.1 Å². The highest BCUT2D eigenvalue weighted by molar-refractivity contribution is 5.64. The normalized spacial score (nSPS) is 16.7. The van der Waals surface area contributed by atoms with Crippen LogP contribution in [0.3, 0.4) is 0 Å². The van der Waals surface area contributed by atoms with Gasteiger partial charge in [-0.05, 0) is 65.8 Å². The van der Waals surface area contributed by atoms with Gasteiger partial charge in [0.05, 0.1) is 0 Å². The van der Waals surface area contributed by atoms with Gasteiger partial charge in [0.2, 0.25) is 0 Å². The third kappa shape index (κ3) is 3.12. The molecular weight excluding hydrogens is 363 g/mol. The van der Waals surface area contributed by atoms with Crippen LogP contribution in [0.5, 0.6) is 0 Å². The Labute approximate surface area is 170 Å². The molecule has 2 aliphatic rings. The van der Waals surface area contributed by atoms with Crippen LogP contribution in [-0.2, 0) is 32.9 Å². The topological polar surface area (TPSA) is 25.2 Å². The monoisotopic (exact) mass is 388 g/mol.